The van der Waals surface area contributed by atoms with Crippen LogP contribution in [0.4, 0.5) is 0 Å². The van der Waals surface area contributed by atoms with Gasteiger partial charge in [-0.05, 0) is 30.9 Å². The van der Waals surface area contributed by atoms with E-state index in [0.29, 0.717) is 0 Å². The number of ether oxygens (including phenoxy) is 1. The number of carbonyl (C=O) groups excluding carboxylic acids is 1. The van der Waals surface area contributed by atoms with E-state index < -0.39 is 0 Å². The van der Waals surface area contributed by atoms with Gasteiger partial charge < -0.3 is 4.74 Å². The Hall–Kier alpha value is -1.31. The Morgan fingerprint density at radius 1 is 1.42 bits per heavy atom. The van der Waals surface area contributed by atoms with Crippen molar-refractivity contribution in [3.8, 4) is 0 Å². The van der Waals surface area contributed by atoms with Crippen LogP contribution < -0.4 is 0 Å². The topological polar surface area (TPSA) is 26.3 Å². The fraction of sp³-hybridized carbons (Fsp3) is 0.300. The SMILES string of the molecule is O=CC1=C2OC=CC=C2CCC1. The first-order valence-electron chi connectivity index (χ1n) is 4.13. The molecule has 0 aromatic heterocycles. The largest absolute Gasteiger partial charge is 0.464 e. The van der Waals surface area contributed by atoms with Gasteiger partial charge in [0, 0.05) is 5.57 Å². The van der Waals surface area contributed by atoms with Crippen LogP contribution in [0.5, 0.6) is 0 Å². The van der Waals surface area contributed by atoms with Gasteiger partial charge in [0.05, 0.1) is 6.26 Å². The Labute approximate surface area is 71.2 Å². The summed E-state index contributed by atoms with van der Waals surface area (Å²) in [7, 11) is 0. The number of carbonyl (C=O) groups is 1. The van der Waals surface area contributed by atoms with Gasteiger partial charge in [0.2, 0.25) is 0 Å². The smallest absolute Gasteiger partial charge is 0.149 e. The molecule has 1 aliphatic carbocycles. The number of aldehydes is 1. The van der Waals surface area contributed by atoms with Crippen LogP contribution in [0.3, 0.4) is 0 Å². The molecule has 1 heterocycles. The molecular formula is C10H10O2. The predicted molar refractivity (Wildman–Crippen MR) is 45.2 cm³/mol. The van der Waals surface area contributed by atoms with Crippen LogP contribution >= 0.6 is 0 Å². The average Bonchev–Trinajstić information content (AvgIpc) is 2.17. The lowest BCUT2D eigenvalue weighted by Crippen LogP contribution is -2.07. The number of rotatable bonds is 1. The van der Waals surface area contributed by atoms with Gasteiger partial charge in [-0.2, -0.15) is 0 Å². The Kier molecular flexibility index (Phi) is 1.82. The standard InChI is InChI=1S/C10H10O2/c11-7-9-4-1-3-8-5-2-6-12-10(8)9/h2,5-7H,1,3-4H2. The molecule has 0 amide bonds. The second-order valence-corrected chi connectivity index (χ2v) is 2.96. The summed E-state index contributed by atoms with van der Waals surface area (Å²) in [5, 5.41) is 0. The summed E-state index contributed by atoms with van der Waals surface area (Å²) < 4.78 is 5.28. The van der Waals surface area contributed by atoms with Crippen LogP contribution in [-0.4, -0.2) is 6.29 Å². The van der Waals surface area contributed by atoms with Crippen LogP contribution in [0, 0.1) is 0 Å². The summed E-state index contributed by atoms with van der Waals surface area (Å²) in [6, 6.07) is 0. The molecule has 2 rings (SSSR count). The number of fused-ring (bicyclic) bond motifs is 1. The van der Waals surface area contributed by atoms with Gasteiger partial charge in [-0.25, -0.2) is 0 Å². The molecule has 0 fully saturated rings. The molecule has 0 spiro atoms. The Bertz CT molecular complexity index is 295. The summed E-state index contributed by atoms with van der Waals surface area (Å²) in [4.78, 5) is 10.6. The molecule has 0 aromatic carbocycles. The van der Waals surface area contributed by atoms with E-state index in [4.69, 9.17) is 4.74 Å². The number of hydrogen-bond donors (Lipinski definition) is 0. The summed E-state index contributed by atoms with van der Waals surface area (Å²) in [5.41, 5.74) is 1.96. The predicted octanol–water partition coefficient (Wildman–Crippen LogP) is 2.09. The van der Waals surface area contributed by atoms with Crippen LogP contribution in [-0.2, 0) is 9.53 Å². The van der Waals surface area contributed by atoms with E-state index in [2.05, 4.69) is 0 Å². The van der Waals surface area contributed by atoms with Crippen molar-refractivity contribution in [2.75, 3.05) is 0 Å². The Morgan fingerprint density at radius 3 is 3.17 bits per heavy atom. The van der Waals surface area contributed by atoms with E-state index in [9.17, 15) is 4.79 Å². The fourth-order valence-electron chi connectivity index (χ4n) is 1.59. The van der Waals surface area contributed by atoms with Crippen molar-refractivity contribution in [2.24, 2.45) is 0 Å². The monoisotopic (exact) mass is 162 g/mol. The zero-order valence-corrected chi connectivity index (χ0v) is 6.75. The molecule has 0 radical (unpaired) electrons. The molecular weight excluding hydrogens is 152 g/mol. The second-order valence-electron chi connectivity index (χ2n) is 2.96. The van der Waals surface area contributed by atoms with Gasteiger partial charge in [0.25, 0.3) is 0 Å². The van der Waals surface area contributed by atoms with Crippen molar-refractivity contribution >= 4 is 6.29 Å². The molecule has 2 heteroatoms. The van der Waals surface area contributed by atoms with Crippen LogP contribution in [0.25, 0.3) is 0 Å². The summed E-state index contributed by atoms with van der Waals surface area (Å²) in [6.07, 6.45) is 9.34. The van der Waals surface area contributed by atoms with Gasteiger partial charge in [0.15, 0.2) is 0 Å². The van der Waals surface area contributed by atoms with Gasteiger partial charge in [-0.15, -0.1) is 0 Å². The lowest BCUT2D eigenvalue weighted by molar-refractivity contribution is -0.105. The third kappa shape index (κ3) is 1.09. The van der Waals surface area contributed by atoms with Crippen molar-refractivity contribution in [1.29, 1.82) is 0 Å². The van der Waals surface area contributed by atoms with Crippen molar-refractivity contribution in [3.63, 3.8) is 0 Å². The minimum atomic E-state index is 0.791. The number of allylic oxidation sites excluding steroid dienone is 4. The van der Waals surface area contributed by atoms with Crippen LogP contribution in [0.2, 0.25) is 0 Å². The van der Waals surface area contributed by atoms with Crippen molar-refractivity contribution in [1.82, 2.24) is 0 Å². The highest BCUT2D eigenvalue weighted by atomic mass is 16.5. The van der Waals surface area contributed by atoms with E-state index in [1.807, 2.05) is 12.2 Å². The number of hydrogen-bond acceptors (Lipinski definition) is 2. The van der Waals surface area contributed by atoms with Crippen molar-refractivity contribution in [2.45, 2.75) is 19.3 Å². The van der Waals surface area contributed by atoms with E-state index in [-0.39, 0.29) is 0 Å². The van der Waals surface area contributed by atoms with Crippen molar-refractivity contribution in [3.05, 3.63) is 35.3 Å². The molecule has 12 heavy (non-hydrogen) atoms. The average molecular weight is 162 g/mol. The second kappa shape index (κ2) is 2.97. The van der Waals surface area contributed by atoms with Crippen molar-refractivity contribution < 1.29 is 9.53 Å². The highest BCUT2D eigenvalue weighted by Crippen LogP contribution is 2.31. The highest BCUT2D eigenvalue weighted by Gasteiger charge is 2.18. The van der Waals surface area contributed by atoms with E-state index in [1.54, 1.807) is 6.26 Å². The zero-order valence-electron chi connectivity index (χ0n) is 6.75. The maximum Gasteiger partial charge on any atom is 0.149 e. The van der Waals surface area contributed by atoms with E-state index in [1.165, 1.54) is 0 Å². The third-order valence-corrected chi connectivity index (χ3v) is 2.18. The highest BCUT2D eigenvalue weighted by molar-refractivity contribution is 5.76. The van der Waals surface area contributed by atoms with Gasteiger partial charge in [0.1, 0.15) is 12.0 Å². The molecule has 0 saturated carbocycles. The maximum atomic E-state index is 10.6. The summed E-state index contributed by atoms with van der Waals surface area (Å²) >= 11 is 0. The molecule has 0 N–H and O–H groups in total. The minimum Gasteiger partial charge on any atom is -0.464 e. The first-order chi connectivity index (χ1) is 5.92. The van der Waals surface area contributed by atoms with E-state index >= 15 is 0 Å². The summed E-state index contributed by atoms with van der Waals surface area (Å²) in [6.45, 7) is 0. The quantitative estimate of drug-likeness (QED) is 0.552. The molecule has 62 valence electrons. The third-order valence-electron chi connectivity index (χ3n) is 2.18. The lowest BCUT2D eigenvalue weighted by Gasteiger charge is -2.20. The molecule has 1 aliphatic heterocycles. The van der Waals surface area contributed by atoms with Crippen LogP contribution in [0.1, 0.15) is 19.3 Å². The fourth-order valence-corrected chi connectivity index (χ4v) is 1.59. The molecule has 0 unspecified atom stereocenters. The molecule has 2 aliphatic rings. The first kappa shape index (κ1) is 7.35. The Balaban J connectivity index is 2.42. The van der Waals surface area contributed by atoms with E-state index in [0.717, 1.165) is 42.5 Å². The maximum absolute atomic E-state index is 10.6. The first-order valence-corrected chi connectivity index (χ1v) is 4.13. The summed E-state index contributed by atoms with van der Waals surface area (Å²) in [5.74, 6) is 0.791. The van der Waals surface area contributed by atoms with Gasteiger partial charge in [-0.3, -0.25) is 4.79 Å². The molecule has 0 bridgehead atoms. The lowest BCUT2D eigenvalue weighted by atomic mass is 9.93. The van der Waals surface area contributed by atoms with Gasteiger partial charge >= 0.3 is 0 Å². The molecule has 2 nitrogen and oxygen atoms in total. The zero-order chi connectivity index (χ0) is 8.39. The Morgan fingerprint density at radius 2 is 2.33 bits per heavy atom. The minimum absolute atomic E-state index is 0.791. The molecule has 0 aromatic rings. The molecule has 0 saturated heterocycles. The van der Waals surface area contributed by atoms with Gasteiger partial charge in [-0.1, -0.05) is 6.08 Å². The molecule has 0 atom stereocenters. The van der Waals surface area contributed by atoms with Crippen LogP contribution in [0.15, 0.2) is 35.3 Å². The normalized spacial score (nSPS) is 21.2.